The average Bonchev–Trinajstić information content (AvgIpc) is 2.74. The zero-order valence-corrected chi connectivity index (χ0v) is 12.0. The fraction of sp³-hybridized carbons (Fsp3) is 0.462. The van der Waals surface area contributed by atoms with E-state index in [1.54, 1.807) is 20.0 Å². The van der Waals surface area contributed by atoms with Crippen molar-refractivity contribution in [3.05, 3.63) is 30.1 Å². The summed E-state index contributed by atoms with van der Waals surface area (Å²) in [6.45, 7) is 4.24. The van der Waals surface area contributed by atoms with E-state index >= 15 is 0 Å². The van der Waals surface area contributed by atoms with Crippen molar-refractivity contribution in [2.45, 2.75) is 32.2 Å². The fourth-order valence-corrected chi connectivity index (χ4v) is 2.91. The molecule has 0 bridgehead atoms. The zero-order chi connectivity index (χ0) is 14.0. The first-order valence-corrected chi connectivity index (χ1v) is 8.01. The van der Waals surface area contributed by atoms with Crippen LogP contribution in [0.15, 0.2) is 24.5 Å². The Hall–Kier alpha value is -1.40. The molecule has 0 spiro atoms. The minimum absolute atomic E-state index is 0.120. The van der Waals surface area contributed by atoms with Crippen LogP contribution in [0.25, 0.3) is 11.0 Å². The van der Waals surface area contributed by atoms with E-state index in [0.717, 1.165) is 16.6 Å². The van der Waals surface area contributed by atoms with Crippen molar-refractivity contribution in [1.29, 1.82) is 0 Å². The summed E-state index contributed by atoms with van der Waals surface area (Å²) in [6, 6.07) is 3.81. The van der Waals surface area contributed by atoms with Gasteiger partial charge >= 0.3 is 0 Å². The number of sulfone groups is 1. The molecule has 0 aliphatic carbocycles. The van der Waals surface area contributed by atoms with Crippen molar-refractivity contribution >= 4 is 20.9 Å². The molecule has 2 aromatic heterocycles. The molecule has 19 heavy (non-hydrogen) atoms. The second-order valence-corrected chi connectivity index (χ2v) is 7.52. The van der Waals surface area contributed by atoms with Gasteiger partial charge in [-0.15, -0.1) is 0 Å². The molecule has 0 saturated carbocycles. The molecule has 0 radical (unpaired) electrons. The Morgan fingerprint density at radius 3 is 2.79 bits per heavy atom. The van der Waals surface area contributed by atoms with Gasteiger partial charge < -0.3 is 10.3 Å². The molecule has 2 heterocycles. The first kappa shape index (κ1) is 14.0. The van der Waals surface area contributed by atoms with Gasteiger partial charge in [-0.1, -0.05) is 0 Å². The number of hydrogen-bond donors (Lipinski definition) is 1. The third kappa shape index (κ3) is 2.79. The van der Waals surface area contributed by atoms with E-state index in [4.69, 9.17) is 5.73 Å². The minimum Gasteiger partial charge on any atom is -0.331 e. The zero-order valence-electron chi connectivity index (χ0n) is 11.2. The van der Waals surface area contributed by atoms with Gasteiger partial charge in [-0.3, -0.25) is 0 Å². The summed E-state index contributed by atoms with van der Waals surface area (Å²) in [4.78, 5) is 4.31. The van der Waals surface area contributed by atoms with Gasteiger partial charge in [0.15, 0.2) is 9.84 Å². The molecule has 0 fully saturated rings. The van der Waals surface area contributed by atoms with Gasteiger partial charge in [-0.2, -0.15) is 0 Å². The summed E-state index contributed by atoms with van der Waals surface area (Å²) >= 11 is 0. The van der Waals surface area contributed by atoms with Gasteiger partial charge in [0.1, 0.15) is 5.65 Å². The Morgan fingerprint density at radius 2 is 2.16 bits per heavy atom. The molecule has 6 heteroatoms. The highest BCUT2D eigenvalue weighted by Crippen LogP contribution is 2.19. The Balaban J connectivity index is 2.32. The van der Waals surface area contributed by atoms with Crippen molar-refractivity contribution in [2.75, 3.05) is 5.75 Å². The van der Waals surface area contributed by atoms with E-state index in [9.17, 15) is 8.42 Å². The van der Waals surface area contributed by atoms with E-state index in [1.165, 1.54) is 0 Å². The van der Waals surface area contributed by atoms with E-state index < -0.39 is 9.84 Å². The normalized spacial score (nSPS) is 12.4. The Morgan fingerprint density at radius 1 is 1.42 bits per heavy atom. The molecule has 0 aromatic carbocycles. The van der Waals surface area contributed by atoms with Crippen LogP contribution in [0.1, 0.15) is 19.4 Å². The second kappa shape index (κ2) is 5.30. The lowest BCUT2D eigenvalue weighted by Gasteiger charge is -2.08. The standard InChI is InChI=1S/C13H19N3O2S/c1-10(2)19(17,18)7-6-16-9-11(8-14)12-4-3-5-15-13(12)16/h3-5,9-10H,6-8,14H2,1-2H3. The number of aromatic nitrogens is 2. The van der Waals surface area contributed by atoms with Crippen molar-refractivity contribution < 1.29 is 8.42 Å². The van der Waals surface area contributed by atoms with E-state index in [2.05, 4.69) is 4.98 Å². The summed E-state index contributed by atoms with van der Waals surface area (Å²) in [5, 5.41) is 0.642. The van der Waals surface area contributed by atoms with Crippen LogP contribution >= 0.6 is 0 Å². The van der Waals surface area contributed by atoms with Gasteiger partial charge in [-0.05, 0) is 31.5 Å². The van der Waals surface area contributed by atoms with Crippen LogP contribution in [-0.2, 0) is 22.9 Å². The van der Waals surface area contributed by atoms with Crippen LogP contribution < -0.4 is 5.73 Å². The highest BCUT2D eigenvalue weighted by molar-refractivity contribution is 7.91. The summed E-state index contributed by atoms with van der Waals surface area (Å²) < 4.78 is 25.6. The van der Waals surface area contributed by atoms with Gasteiger partial charge in [0.2, 0.25) is 0 Å². The topological polar surface area (TPSA) is 78.0 Å². The molecular weight excluding hydrogens is 262 g/mol. The van der Waals surface area contributed by atoms with Crippen molar-refractivity contribution in [3.63, 3.8) is 0 Å². The molecule has 2 aromatic rings. The third-order valence-electron chi connectivity index (χ3n) is 3.27. The van der Waals surface area contributed by atoms with Crippen LogP contribution in [0.2, 0.25) is 0 Å². The summed E-state index contributed by atoms with van der Waals surface area (Å²) in [5.41, 5.74) is 7.48. The maximum absolute atomic E-state index is 11.9. The third-order valence-corrected chi connectivity index (χ3v) is 5.46. The molecular formula is C13H19N3O2S. The van der Waals surface area contributed by atoms with Gasteiger partial charge in [-0.25, -0.2) is 13.4 Å². The Bertz CT molecular complexity index is 674. The summed E-state index contributed by atoms with van der Waals surface area (Å²) in [7, 11) is -3.04. The van der Waals surface area contributed by atoms with Crippen molar-refractivity contribution in [1.82, 2.24) is 9.55 Å². The highest BCUT2D eigenvalue weighted by atomic mass is 32.2. The van der Waals surface area contributed by atoms with E-state index in [-0.39, 0.29) is 11.0 Å². The monoisotopic (exact) mass is 281 g/mol. The molecule has 0 aliphatic rings. The molecule has 0 aliphatic heterocycles. The minimum atomic E-state index is -3.04. The van der Waals surface area contributed by atoms with Crippen molar-refractivity contribution in [2.24, 2.45) is 5.73 Å². The first-order chi connectivity index (χ1) is 8.95. The largest absolute Gasteiger partial charge is 0.331 e. The number of fused-ring (bicyclic) bond motifs is 1. The van der Waals surface area contributed by atoms with Crippen LogP contribution in [0.4, 0.5) is 0 Å². The molecule has 104 valence electrons. The lowest BCUT2D eigenvalue weighted by molar-refractivity contribution is 0.581. The van der Waals surface area contributed by atoms with Gasteiger partial charge in [0.05, 0.1) is 11.0 Å². The summed E-state index contributed by atoms with van der Waals surface area (Å²) in [5.74, 6) is 0.120. The number of nitrogens with zero attached hydrogens (tertiary/aromatic N) is 2. The maximum Gasteiger partial charge on any atom is 0.154 e. The lowest BCUT2D eigenvalue weighted by atomic mass is 10.2. The average molecular weight is 281 g/mol. The Labute approximate surface area is 113 Å². The second-order valence-electron chi connectivity index (χ2n) is 4.84. The maximum atomic E-state index is 11.9. The fourth-order valence-electron chi connectivity index (χ4n) is 1.99. The molecule has 0 amide bonds. The van der Waals surface area contributed by atoms with Gasteiger partial charge in [0, 0.05) is 30.9 Å². The number of aryl methyl sites for hydroxylation is 1. The number of rotatable bonds is 5. The molecule has 5 nitrogen and oxygen atoms in total. The Kier molecular flexibility index (Phi) is 3.91. The lowest BCUT2D eigenvalue weighted by Crippen LogP contribution is -2.21. The molecule has 0 saturated heterocycles. The smallest absolute Gasteiger partial charge is 0.154 e. The van der Waals surface area contributed by atoms with Crippen LogP contribution in [0.5, 0.6) is 0 Å². The molecule has 2 N–H and O–H groups in total. The SMILES string of the molecule is CC(C)S(=O)(=O)CCn1cc(CN)c2cccnc21. The quantitative estimate of drug-likeness (QED) is 0.896. The van der Waals surface area contributed by atoms with Gasteiger partial charge in [0.25, 0.3) is 0 Å². The highest BCUT2D eigenvalue weighted by Gasteiger charge is 2.17. The van der Waals surface area contributed by atoms with Crippen LogP contribution in [0.3, 0.4) is 0 Å². The van der Waals surface area contributed by atoms with Crippen LogP contribution in [0, 0.1) is 0 Å². The number of hydrogen-bond acceptors (Lipinski definition) is 4. The van der Waals surface area contributed by atoms with E-state index in [0.29, 0.717) is 13.1 Å². The summed E-state index contributed by atoms with van der Waals surface area (Å²) in [6.07, 6.45) is 3.60. The van der Waals surface area contributed by atoms with Crippen LogP contribution in [-0.4, -0.2) is 29.0 Å². The van der Waals surface area contributed by atoms with Crippen molar-refractivity contribution in [3.8, 4) is 0 Å². The number of pyridine rings is 1. The molecule has 2 rings (SSSR count). The molecule has 0 unspecified atom stereocenters. The molecule has 0 atom stereocenters. The predicted molar refractivity (Wildman–Crippen MR) is 76.5 cm³/mol. The van der Waals surface area contributed by atoms with E-state index in [1.807, 2.05) is 22.9 Å². The predicted octanol–water partition coefficient (Wildman–Crippen LogP) is 1.32. The first-order valence-electron chi connectivity index (χ1n) is 6.30. The number of nitrogens with two attached hydrogens (primary N) is 1.